The van der Waals surface area contributed by atoms with Gasteiger partial charge in [-0.05, 0) is 89.9 Å². The first kappa shape index (κ1) is 50.9. The standard InChI is InChI=1S/C43H69O10P/c1-3-5-7-9-11-13-15-17-18-19-20-21-23-25-27-29-31-35-42(46)51-37-39(38-52-54(48,49)50)53-43(47)36-32-34-41(45)40(44)33-30-28-26-24-22-16-14-12-10-8-6-4-2/h5,7,11-14,17-18,20-22,24-25,27-28,30,39-41,44-45H,3-4,6,8-10,15-16,19,23,26,29,31-38H2,1-2H3,(H2,48,49,50)/b7-5-,13-11-,14-12-,18-17-,21-20-,24-22-,27-25-,30-28-/t39-,40?,41?/m1/s1. The van der Waals surface area contributed by atoms with Crippen LogP contribution >= 0.6 is 7.82 Å². The number of hydrogen-bond donors (Lipinski definition) is 4. The van der Waals surface area contributed by atoms with Crippen molar-refractivity contribution in [1.29, 1.82) is 0 Å². The molecule has 3 atom stereocenters. The number of esters is 2. The highest BCUT2D eigenvalue weighted by molar-refractivity contribution is 7.46. The summed E-state index contributed by atoms with van der Waals surface area (Å²) in [7, 11) is -4.85. The van der Waals surface area contributed by atoms with Gasteiger partial charge >= 0.3 is 19.8 Å². The lowest BCUT2D eigenvalue weighted by Gasteiger charge is -2.19. The lowest BCUT2D eigenvalue weighted by atomic mass is 10.0. The number of rotatable bonds is 34. The Morgan fingerprint density at radius 2 is 1.06 bits per heavy atom. The number of aliphatic hydroxyl groups is 2. The van der Waals surface area contributed by atoms with Crippen LogP contribution < -0.4 is 0 Å². The Kier molecular flexibility index (Phi) is 34.7. The van der Waals surface area contributed by atoms with Crippen LogP contribution in [0.4, 0.5) is 0 Å². The normalized spacial score (nSPS) is 14.7. The maximum absolute atomic E-state index is 12.4. The number of carbonyl (C=O) groups is 2. The minimum Gasteiger partial charge on any atom is -0.462 e. The van der Waals surface area contributed by atoms with E-state index >= 15 is 0 Å². The van der Waals surface area contributed by atoms with E-state index in [2.05, 4.69) is 91.3 Å². The fraction of sp³-hybridized carbons (Fsp3) is 0.581. The van der Waals surface area contributed by atoms with E-state index in [0.717, 1.165) is 51.4 Å². The van der Waals surface area contributed by atoms with Crippen LogP contribution in [0.15, 0.2) is 97.2 Å². The van der Waals surface area contributed by atoms with Crippen LogP contribution in [0.1, 0.15) is 129 Å². The van der Waals surface area contributed by atoms with Gasteiger partial charge in [-0.15, -0.1) is 0 Å². The molecule has 0 aliphatic rings. The van der Waals surface area contributed by atoms with Crippen molar-refractivity contribution >= 4 is 19.8 Å². The number of allylic oxidation sites excluding steroid dienone is 15. The molecule has 0 bridgehead atoms. The summed E-state index contributed by atoms with van der Waals surface area (Å²) < 4.78 is 26.1. The van der Waals surface area contributed by atoms with E-state index in [0.29, 0.717) is 12.8 Å². The Labute approximate surface area is 325 Å². The van der Waals surface area contributed by atoms with Gasteiger partial charge in [-0.25, -0.2) is 4.57 Å². The summed E-state index contributed by atoms with van der Waals surface area (Å²) in [5.74, 6) is -1.25. The van der Waals surface area contributed by atoms with Crippen molar-refractivity contribution in [3.05, 3.63) is 97.2 Å². The molecule has 11 heteroatoms. The summed E-state index contributed by atoms with van der Waals surface area (Å²) in [5, 5.41) is 20.5. The predicted molar refractivity (Wildman–Crippen MR) is 218 cm³/mol. The number of carbonyl (C=O) groups excluding carboxylic acids is 2. The van der Waals surface area contributed by atoms with Gasteiger partial charge in [-0.2, -0.15) is 0 Å². The van der Waals surface area contributed by atoms with Crippen molar-refractivity contribution in [3.63, 3.8) is 0 Å². The number of ether oxygens (including phenoxy) is 2. The number of phosphoric acid groups is 1. The fourth-order valence-corrected chi connectivity index (χ4v) is 5.11. The van der Waals surface area contributed by atoms with Gasteiger partial charge in [0.05, 0.1) is 18.8 Å². The zero-order valence-corrected chi connectivity index (χ0v) is 33.7. The highest BCUT2D eigenvalue weighted by Crippen LogP contribution is 2.36. The minimum atomic E-state index is -4.85. The third-order valence-electron chi connectivity index (χ3n) is 7.79. The molecular weight excluding hydrogens is 707 g/mol. The summed E-state index contributed by atoms with van der Waals surface area (Å²) in [5.41, 5.74) is 0. The number of aliphatic hydroxyl groups excluding tert-OH is 2. The first-order valence-electron chi connectivity index (χ1n) is 19.7. The quantitative estimate of drug-likeness (QED) is 0.0214. The minimum absolute atomic E-state index is 0.120. The van der Waals surface area contributed by atoms with Crippen LogP contribution in [0.2, 0.25) is 0 Å². The molecule has 306 valence electrons. The molecular formula is C43H69O10P. The van der Waals surface area contributed by atoms with E-state index in [1.54, 1.807) is 0 Å². The molecule has 0 rings (SSSR count). The second kappa shape index (κ2) is 36.8. The zero-order chi connectivity index (χ0) is 40.0. The summed E-state index contributed by atoms with van der Waals surface area (Å²) in [6, 6.07) is 0. The Bertz CT molecular complexity index is 1220. The summed E-state index contributed by atoms with van der Waals surface area (Å²) in [6.07, 6.45) is 43.1. The Morgan fingerprint density at radius 3 is 1.57 bits per heavy atom. The molecule has 0 amide bonds. The van der Waals surface area contributed by atoms with Crippen LogP contribution in [0.3, 0.4) is 0 Å². The van der Waals surface area contributed by atoms with Gasteiger partial charge in [0.25, 0.3) is 0 Å². The molecule has 0 heterocycles. The van der Waals surface area contributed by atoms with Crippen molar-refractivity contribution in [3.8, 4) is 0 Å². The van der Waals surface area contributed by atoms with Gasteiger partial charge in [-0.1, -0.05) is 124 Å². The molecule has 0 fully saturated rings. The van der Waals surface area contributed by atoms with Crippen LogP contribution in [0.25, 0.3) is 0 Å². The SMILES string of the molecule is CC/C=C\C/C=C\C/C=C\C/C=C\C/C=C\CCCC(=O)OC[C@H](COP(=O)(O)O)OC(=O)CCCC(O)C(O)C/C=C\C/C=C\C/C=C\CCCCC. The molecule has 0 aliphatic carbocycles. The van der Waals surface area contributed by atoms with E-state index in [1.807, 2.05) is 24.3 Å². The maximum Gasteiger partial charge on any atom is 0.469 e. The number of phosphoric ester groups is 1. The van der Waals surface area contributed by atoms with Gasteiger partial charge in [0.1, 0.15) is 6.61 Å². The first-order chi connectivity index (χ1) is 26.1. The van der Waals surface area contributed by atoms with E-state index in [-0.39, 0.29) is 32.1 Å². The molecule has 0 saturated heterocycles. The van der Waals surface area contributed by atoms with E-state index in [9.17, 15) is 24.4 Å². The molecule has 10 nitrogen and oxygen atoms in total. The van der Waals surface area contributed by atoms with Crippen molar-refractivity contribution in [2.45, 2.75) is 148 Å². The Balaban J connectivity index is 4.33. The van der Waals surface area contributed by atoms with Gasteiger partial charge in [0.2, 0.25) is 0 Å². The molecule has 0 spiro atoms. The van der Waals surface area contributed by atoms with Gasteiger partial charge in [0, 0.05) is 12.8 Å². The summed E-state index contributed by atoms with van der Waals surface area (Å²) in [4.78, 5) is 42.8. The summed E-state index contributed by atoms with van der Waals surface area (Å²) >= 11 is 0. The van der Waals surface area contributed by atoms with Crippen molar-refractivity contribution in [1.82, 2.24) is 0 Å². The lowest BCUT2D eigenvalue weighted by Crippen LogP contribution is -2.30. The predicted octanol–water partition coefficient (Wildman–Crippen LogP) is 9.78. The first-order valence-corrected chi connectivity index (χ1v) is 21.2. The third kappa shape index (κ3) is 37.2. The number of unbranched alkanes of at least 4 members (excludes halogenated alkanes) is 4. The second-order valence-corrected chi connectivity index (χ2v) is 14.1. The molecule has 2 unspecified atom stereocenters. The number of hydrogen-bond acceptors (Lipinski definition) is 8. The van der Waals surface area contributed by atoms with E-state index in [1.165, 1.54) is 19.3 Å². The zero-order valence-electron chi connectivity index (χ0n) is 32.8. The van der Waals surface area contributed by atoms with E-state index < -0.39 is 51.3 Å². The molecule has 0 aromatic heterocycles. The topological polar surface area (TPSA) is 160 Å². The van der Waals surface area contributed by atoms with Crippen LogP contribution in [-0.4, -0.2) is 63.5 Å². The highest BCUT2D eigenvalue weighted by Gasteiger charge is 2.23. The lowest BCUT2D eigenvalue weighted by molar-refractivity contribution is -0.161. The Hall–Kier alpha value is -3.11. The smallest absolute Gasteiger partial charge is 0.462 e. The van der Waals surface area contributed by atoms with Crippen LogP contribution in [0, 0.1) is 0 Å². The summed E-state index contributed by atoms with van der Waals surface area (Å²) in [6.45, 7) is 3.22. The average Bonchev–Trinajstić information content (AvgIpc) is 3.13. The van der Waals surface area contributed by atoms with E-state index in [4.69, 9.17) is 19.3 Å². The molecule has 0 aromatic carbocycles. The van der Waals surface area contributed by atoms with Gasteiger partial charge in [0.15, 0.2) is 6.10 Å². The average molecular weight is 777 g/mol. The van der Waals surface area contributed by atoms with Crippen molar-refractivity contribution < 1.29 is 48.2 Å². The molecule has 0 saturated carbocycles. The molecule has 0 aromatic rings. The fourth-order valence-electron chi connectivity index (χ4n) is 4.74. The van der Waals surface area contributed by atoms with Gasteiger partial charge in [-0.3, -0.25) is 14.1 Å². The largest absolute Gasteiger partial charge is 0.469 e. The molecule has 54 heavy (non-hydrogen) atoms. The van der Waals surface area contributed by atoms with Crippen molar-refractivity contribution in [2.75, 3.05) is 13.2 Å². The molecule has 4 N–H and O–H groups in total. The van der Waals surface area contributed by atoms with Crippen LogP contribution in [-0.2, 0) is 28.2 Å². The van der Waals surface area contributed by atoms with Gasteiger partial charge < -0.3 is 29.5 Å². The highest BCUT2D eigenvalue weighted by atomic mass is 31.2. The monoisotopic (exact) mass is 776 g/mol. The Morgan fingerprint density at radius 1 is 0.574 bits per heavy atom. The third-order valence-corrected chi connectivity index (χ3v) is 8.27. The second-order valence-electron chi connectivity index (χ2n) is 12.8. The molecule has 0 aliphatic heterocycles. The van der Waals surface area contributed by atoms with Crippen molar-refractivity contribution in [2.24, 2.45) is 0 Å². The maximum atomic E-state index is 12.4. The molecule has 0 radical (unpaired) electrons. The van der Waals surface area contributed by atoms with Crippen LogP contribution in [0.5, 0.6) is 0 Å².